The van der Waals surface area contributed by atoms with E-state index in [9.17, 15) is 4.79 Å². The molecule has 1 atom stereocenters. The van der Waals surface area contributed by atoms with Crippen LogP contribution in [0.15, 0.2) is 35.3 Å². The summed E-state index contributed by atoms with van der Waals surface area (Å²) in [5.74, 6) is 0.735. The molecule has 0 aromatic heterocycles. The van der Waals surface area contributed by atoms with Gasteiger partial charge in [0, 0.05) is 39.3 Å². The van der Waals surface area contributed by atoms with Crippen molar-refractivity contribution in [3.05, 3.63) is 35.9 Å². The SMILES string of the molecule is CC(NC(=NCC(=O)N(C)C)NC1CCN(C2CC2)CC1)c1ccccc1. The smallest absolute Gasteiger partial charge is 0.243 e. The van der Waals surface area contributed by atoms with Crippen molar-refractivity contribution >= 4 is 11.9 Å². The molecular weight excluding hydrogens is 338 g/mol. The molecule has 6 heteroatoms. The number of benzene rings is 1. The van der Waals surface area contributed by atoms with Gasteiger partial charge in [-0.2, -0.15) is 0 Å². The minimum absolute atomic E-state index is 0.00650. The minimum atomic E-state index is 0.00650. The topological polar surface area (TPSA) is 60.0 Å². The van der Waals surface area contributed by atoms with Crippen molar-refractivity contribution in [1.29, 1.82) is 0 Å². The number of nitrogens with zero attached hydrogens (tertiary/aromatic N) is 3. The Bertz CT molecular complexity index is 633. The van der Waals surface area contributed by atoms with Crippen molar-refractivity contribution in [2.75, 3.05) is 33.7 Å². The van der Waals surface area contributed by atoms with Crippen LogP contribution in [0.2, 0.25) is 0 Å². The molecule has 1 heterocycles. The number of likely N-dealkylation sites (tertiary alicyclic amines) is 1. The van der Waals surface area contributed by atoms with Gasteiger partial charge in [-0.25, -0.2) is 4.99 Å². The fourth-order valence-electron chi connectivity index (χ4n) is 3.49. The Balaban J connectivity index is 1.60. The van der Waals surface area contributed by atoms with Gasteiger partial charge in [-0.3, -0.25) is 4.79 Å². The zero-order valence-electron chi connectivity index (χ0n) is 16.8. The first-order valence-electron chi connectivity index (χ1n) is 10.1. The molecule has 148 valence electrons. The van der Waals surface area contributed by atoms with Gasteiger partial charge >= 0.3 is 0 Å². The van der Waals surface area contributed by atoms with E-state index in [1.807, 2.05) is 18.2 Å². The van der Waals surface area contributed by atoms with Gasteiger partial charge in [0.25, 0.3) is 0 Å². The second-order valence-corrected chi connectivity index (χ2v) is 7.92. The lowest BCUT2D eigenvalue weighted by atomic mass is 10.0. The summed E-state index contributed by atoms with van der Waals surface area (Å²) in [6, 6.07) is 11.7. The molecule has 1 aromatic rings. The number of guanidine groups is 1. The summed E-state index contributed by atoms with van der Waals surface area (Å²) >= 11 is 0. The molecule has 1 aliphatic heterocycles. The molecule has 3 rings (SSSR count). The van der Waals surface area contributed by atoms with Crippen LogP contribution in [0.25, 0.3) is 0 Å². The Morgan fingerprint density at radius 2 is 1.85 bits per heavy atom. The summed E-state index contributed by atoms with van der Waals surface area (Å²) < 4.78 is 0. The Hall–Kier alpha value is -2.08. The van der Waals surface area contributed by atoms with Gasteiger partial charge < -0.3 is 20.4 Å². The molecule has 0 radical (unpaired) electrons. The number of rotatable bonds is 6. The zero-order chi connectivity index (χ0) is 19.2. The number of aliphatic imine (C=N–C) groups is 1. The average Bonchev–Trinajstić information content (AvgIpc) is 3.52. The lowest BCUT2D eigenvalue weighted by Gasteiger charge is -2.33. The average molecular weight is 372 g/mol. The van der Waals surface area contributed by atoms with E-state index in [0.29, 0.717) is 6.04 Å². The number of hydrogen-bond acceptors (Lipinski definition) is 3. The molecule has 1 aliphatic carbocycles. The maximum Gasteiger partial charge on any atom is 0.243 e. The molecule has 2 fully saturated rings. The van der Waals surface area contributed by atoms with E-state index in [1.54, 1.807) is 19.0 Å². The van der Waals surface area contributed by atoms with Crippen LogP contribution in [0.5, 0.6) is 0 Å². The third kappa shape index (κ3) is 5.96. The molecule has 2 N–H and O–H groups in total. The second-order valence-electron chi connectivity index (χ2n) is 7.92. The van der Waals surface area contributed by atoms with E-state index in [1.165, 1.54) is 18.4 Å². The summed E-state index contributed by atoms with van der Waals surface area (Å²) in [5.41, 5.74) is 1.20. The van der Waals surface area contributed by atoms with Gasteiger partial charge in [-0.1, -0.05) is 30.3 Å². The maximum absolute atomic E-state index is 12.0. The summed E-state index contributed by atoms with van der Waals surface area (Å²) in [6.07, 6.45) is 4.98. The lowest BCUT2D eigenvalue weighted by molar-refractivity contribution is -0.127. The second kappa shape index (κ2) is 9.22. The Morgan fingerprint density at radius 3 is 2.44 bits per heavy atom. The van der Waals surface area contributed by atoms with Gasteiger partial charge in [-0.05, 0) is 38.2 Å². The van der Waals surface area contributed by atoms with Gasteiger partial charge in [0.1, 0.15) is 6.54 Å². The fourth-order valence-corrected chi connectivity index (χ4v) is 3.49. The monoisotopic (exact) mass is 371 g/mol. The van der Waals surface area contributed by atoms with E-state index >= 15 is 0 Å². The third-order valence-electron chi connectivity index (χ3n) is 5.46. The number of carbonyl (C=O) groups is 1. The highest BCUT2D eigenvalue weighted by atomic mass is 16.2. The first-order chi connectivity index (χ1) is 13.0. The molecule has 0 spiro atoms. The number of piperidine rings is 1. The first kappa shape index (κ1) is 19.7. The van der Waals surface area contributed by atoms with Crippen molar-refractivity contribution < 1.29 is 4.79 Å². The van der Waals surface area contributed by atoms with Crippen LogP contribution < -0.4 is 10.6 Å². The van der Waals surface area contributed by atoms with Gasteiger partial charge in [0.15, 0.2) is 5.96 Å². The molecule has 0 bridgehead atoms. The minimum Gasteiger partial charge on any atom is -0.354 e. The van der Waals surface area contributed by atoms with Crippen molar-refractivity contribution in [2.24, 2.45) is 4.99 Å². The van der Waals surface area contributed by atoms with Crippen LogP contribution in [0.3, 0.4) is 0 Å². The van der Waals surface area contributed by atoms with Crippen molar-refractivity contribution in [3.8, 4) is 0 Å². The van der Waals surface area contributed by atoms with Gasteiger partial charge in [0.2, 0.25) is 5.91 Å². The number of amides is 1. The van der Waals surface area contributed by atoms with Crippen LogP contribution in [-0.2, 0) is 4.79 Å². The van der Waals surface area contributed by atoms with Gasteiger partial charge in [-0.15, -0.1) is 0 Å². The van der Waals surface area contributed by atoms with Crippen molar-refractivity contribution in [2.45, 2.75) is 50.7 Å². The third-order valence-corrected chi connectivity index (χ3v) is 5.46. The fraction of sp³-hybridized carbons (Fsp3) is 0.619. The molecule has 2 aliphatic rings. The molecule has 1 saturated carbocycles. The number of carbonyl (C=O) groups excluding carboxylic acids is 1. The van der Waals surface area contributed by atoms with Crippen LogP contribution in [-0.4, -0.2) is 67.5 Å². The summed E-state index contributed by atoms with van der Waals surface area (Å²) in [6.45, 7) is 4.59. The number of likely N-dealkylation sites (N-methyl/N-ethyl adjacent to an activating group) is 1. The van der Waals surface area contributed by atoms with Gasteiger partial charge in [0.05, 0.1) is 6.04 Å². The van der Waals surface area contributed by atoms with Crippen LogP contribution in [0, 0.1) is 0 Å². The van der Waals surface area contributed by atoms with Crippen LogP contribution in [0.4, 0.5) is 0 Å². The molecule has 1 unspecified atom stereocenters. The van der Waals surface area contributed by atoms with Crippen LogP contribution in [0.1, 0.15) is 44.2 Å². The van der Waals surface area contributed by atoms with E-state index in [2.05, 4.69) is 39.6 Å². The predicted octanol–water partition coefficient (Wildman–Crippen LogP) is 2.00. The van der Waals surface area contributed by atoms with Crippen LogP contribution >= 0.6 is 0 Å². The zero-order valence-corrected chi connectivity index (χ0v) is 16.8. The highest BCUT2D eigenvalue weighted by molar-refractivity contribution is 5.85. The van der Waals surface area contributed by atoms with E-state index < -0.39 is 0 Å². The number of hydrogen-bond donors (Lipinski definition) is 2. The Labute approximate surface area is 163 Å². The molecule has 1 aromatic carbocycles. The molecule has 27 heavy (non-hydrogen) atoms. The highest BCUT2D eigenvalue weighted by Crippen LogP contribution is 2.29. The molecule has 6 nitrogen and oxygen atoms in total. The van der Waals surface area contributed by atoms with E-state index in [0.717, 1.165) is 37.9 Å². The Kier molecular flexibility index (Phi) is 6.72. The maximum atomic E-state index is 12.0. The summed E-state index contributed by atoms with van der Waals surface area (Å²) in [7, 11) is 3.52. The molecule has 1 amide bonds. The summed E-state index contributed by atoms with van der Waals surface area (Å²) in [5, 5.41) is 7.05. The van der Waals surface area contributed by atoms with Crippen molar-refractivity contribution in [1.82, 2.24) is 20.4 Å². The molecule has 1 saturated heterocycles. The first-order valence-corrected chi connectivity index (χ1v) is 10.1. The summed E-state index contributed by atoms with van der Waals surface area (Å²) in [4.78, 5) is 20.7. The largest absolute Gasteiger partial charge is 0.354 e. The number of nitrogens with one attached hydrogen (secondary N) is 2. The predicted molar refractivity (Wildman–Crippen MR) is 110 cm³/mol. The van der Waals surface area contributed by atoms with E-state index in [-0.39, 0.29) is 18.5 Å². The quantitative estimate of drug-likeness (QED) is 0.593. The Morgan fingerprint density at radius 1 is 1.19 bits per heavy atom. The normalized spacial score (nSPS) is 20.2. The highest BCUT2D eigenvalue weighted by Gasteiger charge is 2.32. The standard InChI is InChI=1S/C21H33N5O/c1-16(17-7-5-4-6-8-17)23-21(22-15-20(27)25(2)3)24-18-11-13-26(14-12-18)19-9-10-19/h4-8,16,18-19H,9-15H2,1-3H3,(H2,22,23,24). The molecular formula is C21H33N5O. The lowest BCUT2D eigenvalue weighted by Crippen LogP contribution is -2.49. The van der Waals surface area contributed by atoms with Crippen molar-refractivity contribution in [3.63, 3.8) is 0 Å². The van der Waals surface area contributed by atoms with E-state index in [4.69, 9.17) is 0 Å².